The Morgan fingerprint density at radius 3 is 2.44 bits per heavy atom. The molecule has 0 aliphatic carbocycles. The van der Waals surface area contributed by atoms with Gasteiger partial charge in [-0.05, 0) is 37.3 Å². The zero-order chi connectivity index (χ0) is 24.5. The number of rotatable bonds is 4. The number of nitrogens with one attached hydrogen (secondary N) is 1. The molecule has 1 saturated heterocycles. The Morgan fingerprint density at radius 1 is 1.09 bits per heavy atom. The minimum atomic E-state index is -4.66. The number of anilines is 1. The van der Waals surface area contributed by atoms with E-state index in [2.05, 4.69) is 5.32 Å². The third kappa shape index (κ3) is 5.23. The molecule has 2 amide bonds. The molecule has 7 nitrogen and oxygen atoms in total. The minimum Gasteiger partial charge on any atom is -0.485 e. The third-order valence-electron chi connectivity index (χ3n) is 5.88. The van der Waals surface area contributed by atoms with Gasteiger partial charge in [0.05, 0.1) is 17.3 Å². The summed E-state index contributed by atoms with van der Waals surface area (Å²) in [6.45, 7) is 3.20. The van der Waals surface area contributed by atoms with Crippen LogP contribution in [-0.2, 0) is 15.8 Å². The molecular formula is C23H23ClF3N3O4. The molecule has 0 bridgehead atoms. The Hall–Kier alpha value is -2.98. The Morgan fingerprint density at radius 2 is 1.76 bits per heavy atom. The lowest BCUT2D eigenvalue weighted by atomic mass is 10.1. The number of halogens is 4. The van der Waals surface area contributed by atoms with Crippen molar-refractivity contribution in [3.8, 4) is 11.5 Å². The van der Waals surface area contributed by atoms with Crippen LogP contribution in [0.1, 0.15) is 12.5 Å². The van der Waals surface area contributed by atoms with Crippen LogP contribution in [0.4, 0.5) is 18.9 Å². The standard InChI is InChI=1S/C23H23ClF3N3O4/c1-14(21(31)28-17-7-6-15(24)12-16(17)23(25,26)27)29-8-10-30(11-9-29)22(32)20-13-33-18-4-2-3-5-19(18)34-20/h2-7,12,14,20H,8-11,13H2,1H3,(H,28,31)/t14-,20-/m0/s1. The molecule has 0 saturated carbocycles. The lowest BCUT2D eigenvalue weighted by Crippen LogP contribution is -2.57. The number of ether oxygens (including phenoxy) is 2. The molecule has 4 rings (SSSR count). The summed E-state index contributed by atoms with van der Waals surface area (Å²) in [6, 6.07) is 9.62. The molecule has 2 aromatic rings. The summed E-state index contributed by atoms with van der Waals surface area (Å²) >= 11 is 5.69. The number of nitrogens with zero attached hydrogens (tertiary/aromatic N) is 2. The molecule has 1 fully saturated rings. The number of amides is 2. The van der Waals surface area contributed by atoms with Crippen molar-refractivity contribution < 1.29 is 32.2 Å². The quantitative estimate of drug-likeness (QED) is 0.698. The van der Waals surface area contributed by atoms with Crippen LogP contribution in [0.25, 0.3) is 0 Å². The van der Waals surface area contributed by atoms with Crippen LogP contribution in [0.15, 0.2) is 42.5 Å². The first-order chi connectivity index (χ1) is 16.1. The Labute approximate surface area is 199 Å². The van der Waals surface area contributed by atoms with E-state index in [9.17, 15) is 22.8 Å². The molecule has 0 unspecified atom stereocenters. The molecule has 2 aliphatic rings. The van der Waals surface area contributed by atoms with Gasteiger partial charge in [-0.15, -0.1) is 0 Å². The van der Waals surface area contributed by atoms with Crippen LogP contribution >= 0.6 is 11.6 Å². The van der Waals surface area contributed by atoms with Gasteiger partial charge in [-0.2, -0.15) is 13.2 Å². The van der Waals surface area contributed by atoms with E-state index in [1.165, 1.54) is 6.07 Å². The number of alkyl halides is 3. The maximum atomic E-state index is 13.3. The van der Waals surface area contributed by atoms with E-state index in [0.29, 0.717) is 37.7 Å². The summed E-state index contributed by atoms with van der Waals surface area (Å²) in [4.78, 5) is 29.0. The van der Waals surface area contributed by atoms with Crippen molar-refractivity contribution in [2.45, 2.75) is 25.2 Å². The molecule has 34 heavy (non-hydrogen) atoms. The Kier molecular flexibility index (Phi) is 6.90. The molecule has 2 heterocycles. The van der Waals surface area contributed by atoms with Crippen LogP contribution in [0.3, 0.4) is 0 Å². The highest BCUT2D eigenvalue weighted by Crippen LogP contribution is 2.36. The van der Waals surface area contributed by atoms with Gasteiger partial charge in [0.1, 0.15) is 6.61 Å². The molecule has 2 aromatic carbocycles. The second-order valence-electron chi connectivity index (χ2n) is 8.08. The number of fused-ring (bicyclic) bond motifs is 1. The zero-order valence-electron chi connectivity index (χ0n) is 18.3. The van der Waals surface area contributed by atoms with E-state index in [1.807, 2.05) is 11.0 Å². The monoisotopic (exact) mass is 497 g/mol. The number of piperazine rings is 1. The molecule has 0 spiro atoms. The van der Waals surface area contributed by atoms with Gasteiger partial charge in [-0.1, -0.05) is 23.7 Å². The van der Waals surface area contributed by atoms with Gasteiger partial charge in [0.2, 0.25) is 12.0 Å². The predicted octanol–water partition coefficient (Wildman–Crippen LogP) is 3.67. The highest BCUT2D eigenvalue weighted by atomic mass is 35.5. The Bertz CT molecular complexity index is 1070. The molecule has 2 atom stereocenters. The van der Waals surface area contributed by atoms with Crippen LogP contribution in [0.5, 0.6) is 11.5 Å². The second kappa shape index (κ2) is 9.71. The number of benzene rings is 2. The fourth-order valence-electron chi connectivity index (χ4n) is 3.94. The lowest BCUT2D eigenvalue weighted by Gasteiger charge is -2.39. The lowest BCUT2D eigenvalue weighted by molar-refractivity contribution is -0.143. The molecular weight excluding hydrogens is 475 g/mol. The fraction of sp³-hybridized carbons (Fsp3) is 0.391. The van der Waals surface area contributed by atoms with Gasteiger partial charge in [0.15, 0.2) is 11.5 Å². The van der Waals surface area contributed by atoms with E-state index < -0.39 is 29.8 Å². The van der Waals surface area contributed by atoms with Crippen LogP contribution in [0, 0.1) is 0 Å². The van der Waals surface area contributed by atoms with Gasteiger partial charge in [0, 0.05) is 31.2 Å². The zero-order valence-corrected chi connectivity index (χ0v) is 19.0. The number of carbonyl (C=O) groups is 2. The van der Waals surface area contributed by atoms with Crippen molar-refractivity contribution in [1.29, 1.82) is 0 Å². The average Bonchev–Trinajstić information content (AvgIpc) is 2.83. The molecule has 182 valence electrons. The van der Waals surface area contributed by atoms with Crippen molar-refractivity contribution in [1.82, 2.24) is 9.80 Å². The van der Waals surface area contributed by atoms with E-state index in [-0.39, 0.29) is 23.2 Å². The fourth-order valence-corrected chi connectivity index (χ4v) is 4.11. The van der Waals surface area contributed by atoms with E-state index in [1.54, 1.807) is 30.0 Å². The topological polar surface area (TPSA) is 71.1 Å². The number of carbonyl (C=O) groups excluding carboxylic acids is 2. The summed E-state index contributed by atoms with van der Waals surface area (Å²) in [5.74, 6) is 0.317. The summed E-state index contributed by atoms with van der Waals surface area (Å²) in [6.07, 6.45) is -5.42. The molecule has 0 radical (unpaired) electrons. The second-order valence-corrected chi connectivity index (χ2v) is 8.51. The summed E-state index contributed by atoms with van der Waals surface area (Å²) in [7, 11) is 0. The van der Waals surface area contributed by atoms with Crippen LogP contribution in [-0.4, -0.2) is 66.5 Å². The Balaban J connectivity index is 1.33. The first-order valence-electron chi connectivity index (χ1n) is 10.7. The number of hydrogen-bond donors (Lipinski definition) is 1. The van der Waals surface area contributed by atoms with Crippen molar-refractivity contribution in [2.24, 2.45) is 0 Å². The maximum absolute atomic E-state index is 13.3. The first-order valence-corrected chi connectivity index (χ1v) is 11.1. The largest absolute Gasteiger partial charge is 0.485 e. The van der Waals surface area contributed by atoms with Crippen LogP contribution in [0.2, 0.25) is 5.02 Å². The van der Waals surface area contributed by atoms with Crippen molar-refractivity contribution in [3.63, 3.8) is 0 Å². The first kappa shape index (κ1) is 24.2. The van der Waals surface area contributed by atoms with Crippen molar-refractivity contribution in [2.75, 3.05) is 38.1 Å². The summed E-state index contributed by atoms with van der Waals surface area (Å²) < 4.78 is 51.3. The van der Waals surface area contributed by atoms with Crippen molar-refractivity contribution in [3.05, 3.63) is 53.1 Å². The molecule has 0 aromatic heterocycles. The van der Waals surface area contributed by atoms with Gasteiger partial charge in [-0.25, -0.2) is 0 Å². The predicted molar refractivity (Wildman–Crippen MR) is 119 cm³/mol. The van der Waals surface area contributed by atoms with Gasteiger partial charge in [0.25, 0.3) is 5.91 Å². The smallest absolute Gasteiger partial charge is 0.418 e. The van der Waals surface area contributed by atoms with Gasteiger partial charge >= 0.3 is 6.18 Å². The molecule has 2 aliphatic heterocycles. The highest BCUT2D eigenvalue weighted by molar-refractivity contribution is 6.30. The van der Waals surface area contributed by atoms with Gasteiger partial charge < -0.3 is 19.7 Å². The summed E-state index contributed by atoms with van der Waals surface area (Å²) in [5, 5.41) is 2.29. The van der Waals surface area contributed by atoms with E-state index in [0.717, 1.165) is 12.1 Å². The van der Waals surface area contributed by atoms with Gasteiger partial charge in [-0.3, -0.25) is 14.5 Å². The van der Waals surface area contributed by atoms with E-state index >= 15 is 0 Å². The third-order valence-corrected chi connectivity index (χ3v) is 6.12. The SMILES string of the molecule is C[C@@H](C(=O)Nc1ccc(Cl)cc1C(F)(F)F)N1CCN(C(=O)[C@@H]2COc3ccccc3O2)CC1. The number of hydrogen-bond acceptors (Lipinski definition) is 5. The summed E-state index contributed by atoms with van der Waals surface area (Å²) in [5.41, 5.74) is -1.36. The normalized spacial score (nSPS) is 19.4. The average molecular weight is 498 g/mol. The molecule has 11 heteroatoms. The highest BCUT2D eigenvalue weighted by Gasteiger charge is 2.36. The maximum Gasteiger partial charge on any atom is 0.418 e. The number of para-hydroxylation sites is 2. The van der Waals surface area contributed by atoms with Crippen LogP contribution < -0.4 is 14.8 Å². The molecule has 1 N–H and O–H groups in total. The minimum absolute atomic E-state index is 0.0741. The van der Waals surface area contributed by atoms with E-state index in [4.69, 9.17) is 21.1 Å². The van der Waals surface area contributed by atoms with Crippen molar-refractivity contribution >= 4 is 29.1 Å².